The summed E-state index contributed by atoms with van der Waals surface area (Å²) in [5, 5.41) is 0. The van der Waals surface area contributed by atoms with E-state index in [9.17, 15) is 4.79 Å². The van der Waals surface area contributed by atoms with Crippen molar-refractivity contribution in [2.45, 2.75) is 13.8 Å². The van der Waals surface area contributed by atoms with Crippen LogP contribution in [-0.4, -0.2) is 12.6 Å². The highest BCUT2D eigenvalue weighted by atomic mass is 79.9. The Hall–Kier alpha value is -1.09. The van der Waals surface area contributed by atoms with Gasteiger partial charge in [-0.3, -0.25) is 0 Å². The molecule has 0 amide bonds. The van der Waals surface area contributed by atoms with Crippen LogP contribution in [0, 0.1) is 6.92 Å². The number of rotatable bonds is 3. The van der Waals surface area contributed by atoms with E-state index in [1.54, 1.807) is 13.0 Å². The van der Waals surface area contributed by atoms with Gasteiger partial charge >= 0.3 is 5.97 Å². The van der Waals surface area contributed by atoms with E-state index < -0.39 is 0 Å². The molecule has 0 saturated heterocycles. The molecule has 1 rings (SSSR count). The Kier molecular flexibility index (Phi) is 4.56. The molecule has 0 saturated carbocycles. The molecular formula is C12H13BrO2. The van der Waals surface area contributed by atoms with Gasteiger partial charge in [-0.1, -0.05) is 22.0 Å². The first-order valence-electron chi connectivity index (χ1n) is 4.74. The molecule has 0 heterocycles. The zero-order valence-electron chi connectivity index (χ0n) is 8.79. The SMILES string of the molecule is CCOC(=O)C=Cc1cc(C)cc(Br)c1. The zero-order valence-corrected chi connectivity index (χ0v) is 10.4. The van der Waals surface area contributed by atoms with E-state index in [-0.39, 0.29) is 5.97 Å². The second-order valence-corrected chi connectivity index (χ2v) is 4.06. The Morgan fingerprint density at radius 2 is 2.20 bits per heavy atom. The molecule has 1 aromatic rings. The first-order chi connectivity index (χ1) is 7.11. The van der Waals surface area contributed by atoms with Gasteiger partial charge in [-0.2, -0.15) is 0 Å². The molecule has 1 aromatic carbocycles. The lowest BCUT2D eigenvalue weighted by Crippen LogP contribution is -1.98. The highest BCUT2D eigenvalue weighted by Crippen LogP contribution is 2.16. The highest BCUT2D eigenvalue weighted by molar-refractivity contribution is 9.10. The van der Waals surface area contributed by atoms with Crippen LogP contribution in [-0.2, 0) is 9.53 Å². The summed E-state index contributed by atoms with van der Waals surface area (Å²) in [5.41, 5.74) is 2.13. The smallest absolute Gasteiger partial charge is 0.330 e. The number of halogens is 1. The number of hydrogen-bond donors (Lipinski definition) is 0. The Labute approximate surface area is 98.1 Å². The summed E-state index contributed by atoms with van der Waals surface area (Å²) in [4.78, 5) is 11.1. The van der Waals surface area contributed by atoms with Crippen LogP contribution in [0.15, 0.2) is 28.7 Å². The number of carbonyl (C=O) groups excluding carboxylic acids is 1. The minimum absolute atomic E-state index is 0.310. The van der Waals surface area contributed by atoms with Gasteiger partial charge in [-0.15, -0.1) is 0 Å². The van der Waals surface area contributed by atoms with E-state index in [1.165, 1.54) is 6.08 Å². The molecule has 0 N–H and O–H groups in total. The lowest BCUT2D eigenvalue weighted by Gasteiger charge is -1.99. The maximum Gasteiger partial charge on any atom is 0.330 e. The fourth-order valence-electron chi connectivity index (χ4n) is 1.22. The second kappa shape index (κ2) is 5.71. The lowest BCUT2D eigenvalue weighted by atomic mass is 10.1. The van der Waals surface area contributed by atoms with Gasteiger partial charge in [0.15, 0.2) is 0 Å². The van der Waals surface area contributed by atoms with Crippen LogP contribution in [0.2, 0.25) is 0 Å². The maximum atomic E-state index is 11.1. The summed E-state index contributed by atoms with van der Waals surface area (Å²) in [6.07, 6.45) is 3.18. The van der Waals surface area contributed by atoms with Crippen LogP contribution < -0.4 is 0 Å². The third kappa shape index (κ3) is 4.30. The van der Waals surface area contributed by atoms with Gasteiger partial charge in [-0.25, -0.2) is 4.79 Å². The largest absolute Gasteiger partial charge is 0.463 e. The summed E-state index contributed by atoms with van der Waals surface area (Å²) in [5.74, 6) is -0.310. The molecule has 0 unspecified atom stereocenters. The van der Waals surface area contributed by atoms with E-state index in [1.807, 2.05) is 25.1 Å². The topological polar surface area (TPSA) is 26.3 Å². The molecule has 0 aliphatic heterocycles. The number of esters is 1. The van der Waals surface area contributed by atoms with Gasteiger partial charge in [-0.05, 0) is 43.2 Å². The van der Waals surface area contributed by atoms with Gasteiger partial charge in [0.05, 0.1) is 6.61 Å². The molecule has 3 heteroatoms. The van der Waals surface area contributed by atoms with Gasteiger partial charge in [0.25, 0.3) is 0 Å². The molecule has 0 bridgehead atoms. The van der Waals surface area contributed by atoms with Crippen molar-refractivity contribution in [1.29, 1.82) is 0 Å². The maximum absolute atomic E-state index is 11.1. The van der Waals surface area contributed by atoms with Crippen LogP contribution in [0.4, 0.5) is 0 Å². The van der Waals surface area contributed by atoms with Crippen molar-refractivity contribution in [3.8, 4) is 0 Å². The second-order valence-electron chi connectivity index (χ2n) is 3.15. The van der Waals surface area contributed by atoms with Crippen molar-refractivity contribution in [3.05, 3.63) is 39.9 Å². The molecule has 0 radical (unpaired) electrons. The Balaban J connectivity index is 2.76. The first kappa shape index (κ1) is 12.0. The Morgan fingerprint density at radius 3 is 2.80 bits per heavy atom. The Morgan fingerprint density at radius 1 is 1.47 bits per heavy atom. The number of benzene rings is 1. The summed E-state index contributed by atoms with van der Waals surface area (Å²) in [6, 6.07) is 5.96. The molecule has 0 aliphatic carbocycles. The predicted octanol–water partition coefficient (Wildman–Crippen LogP) is 3.33. The van der Waals surface area contributed by atoms with Gasteiger partial charge in [0, 0.05) is 10.5 Å². The zero-order chi connectivity index (χ0) is 11.3. The van der Waals surface area contributed by atoms with Crippen molar-refractivity contribution in [3.63, 3.8) is 0 Å². The summed E-state index contributed by atoms with van der Waals surface area (Å²) in [6.45, 7) is 4.20. The summed E-state index contributed by atoms with van der Waals surface area (Å²) in [7, 11) is 0. The van der Waals surface area contributed by atoms with E-state index in [2.05, 4.69) is 15.9 Å². The number of hydrogen-bond acceptors (Lipinski definition) is 2. The molecule has 15 heavy (non-hydrogen) atoms. The van der Waals surface area contributed by atoms with Crippen molar-refractivity contribution in [1.82, 2.24) is 0 Å². The fourth-order valence-corrected chi connectivity index (χ4v) is 1.84. The number of aryl methyl sites for hydroxylation is 1. The van der Waals surface area contributed by atoms with E-state index in [0.717, 1.165) is 15.6 Å². The third-order valence-corrected chi connectivity index (χ3v) is 2.22. The van der Waals surface area contributed by atoms with Gasteiger partial charge < -0.3 is 4.74 Å². The average molecular weight is 269 g/mol. The lowest BCUT2D eigenvalue weighted by molar-refractivity contribution is -0.137. The molecular weight excluding hydrogens is 256 g/mol. The molecule has 0 aromatic heterocycles. The third-order valence-electron chi connectivity index (χ3n) is 1.76. The molecule has 0 fully saturated rings. The molecule has 0 aliphatic rings. The van der Waals surface area contributed by atoms with Crippen LogP contribution in [0.25, 0.3) is 6.08 Å². The number of carbonyl (C=O) groups is 1. The standard InChI is InChI=1S/C12H13BrO2/c1-3-15-12(14)5-4-10-6-9(2)7-11(13)8-10/h4-8H,3H2,1-2H3. The van der Waals surface area contributed by atoms with Crippen molar-refractivity contribution >= 4 is 28.0 Å². The predicted molar refractivity (Wildman–Crippen MR) is 64.5 cm³/mol. The van der Waals surface area contributed by atoms with Crippen LogP contribution in [0.1, 0.15) is 18.1 Å². The van der Waals surface area contributed by atoms with Crippen molar-refractivity contribution in [2.75, 3.05) is 6.61 Å². The molecule has 80 valence electrons. The quantitative estimate of drug-likeness (QED) is 0.621. The molecule has 0 spiro atoms. The number of ether oxygens (including phenoxy) is 1. The Bertz CT molecular complexity index is 363. The van der Waals surface area contributed by atoms with Gasteiger partial charge in [0.1, 0.15) is 0 Å². The fraction of sp³-hybridized carbons (Fsp3) is 0.250. The molecule has 2 nitrogen and oxygen atoms in total. The monoisotopic (exact) mass is 268 g/mol. The minimum Gasteiger partial charge on any atom is -0.463 e. The normalized spacial score (nSPS) is 10.6. The first-order valence-corrected chi connectivity index (χ1v) is 5.53. The van der Waals surface area contributed by atoms with E-state index in [0.29, 0.717) is 6.61 Å². The van der Waals surface area contributed by atoms with Crippen molar-refractivity contribution in [2.24, 2.45) is 0 Å². The van der Waals surface area contributed by atoms with Crippen molar-refractivity contribution < 1.29 is 9.53 Å². The summed E-state index contributed by atoms with van der Waals surface area (Å²) < 4.78 is 5.79. The van der Waals surface area contributed by atoms with Crippen LogP contribution in [0.5, 0.6) is 0 Å². The molecule has 0 atom stereocenters. The minimum atomic E-state index is -0.310. The van der Waals surface area contributed by atoms with E-state index in [4.69, 9.17) is 4.74 Å². The highest BCUT2D eigenvalue weighted by Gasteiger charge is 1.96. The average Bonchev–Trinajstić information content (AvgIpc) is 2.14. The van der Waals surface area contributed by atoms with Crippen LogP contribution >= 0.6 is 15.9 Å². The summed E-state index contributed by atoms with van der Waals surface area (Å²) >= 11 is 3.40. The van der Waals surface area contributed by atoms with Crippen LogP contribution in [0.3, 0.4) is 0 Å². The van der Waals surface area contributed by atoms with E-state index >= 15 is 0 Å². The van der Waals surface area contributed by atoms with Gasteiger partial charge in [0.2, 0.25) is 0 Å².